The molecule has 0 aliphatic heterocycles. The van der Waals surface area contributed by atoms with E-state index < -0.39 is 0 Å². The van der Waals surface area contributed by atoms with Crippen molar-refractivity contribution in [2.75, 3.05) is 7.11 Å². The third kappa shape index (κ3) is 1.97. The molecular weight excluding hydrogens is 238 g/mol. The molecule has 0 atom stereocenters. The van der Waals surface area contributed by atoms with Gasteiger partial charge in [-0.3, -0.25) is 0 Å². The number of ether oxygens (including phenoxy) is 1. The Balaban J connectivity index is 2.17. The third-order valence-corrected chi connectivity index (χ3v) is 3.39. The van der Waals surface area contributed by atoms with E-state index in [1.165, 1.54) is 5.56 Å². The molecule has 19 heavy (non-hydrogen) atoms. The number of oxazole rings is 1. The van der Waals surface area contributed by atoms with Crippen LogP contribution in [-0.4, -0.2) is 12.1 Å². The number of benzene rings is 2. The van der Waals surface area contributed by atoms with E-state index in [0.29, 0.717) is 5.89 Å². The number of nitrogens with zero attached hydrogens (tertiary/aromatic N) is 1. The molecule has 0 unspecified atom stereocenters. The van der Waals surface area contributed by atoms with Gasteiger partial charge in [-0.15, -0.1) is 0 Å². The second kappa shape index (κ2) is 4.43. The van der Waals surface area contributed by atoms with E-state index in [1.807, 2.05) is 30.3 Å². The molecule has 0 aliphatic carbocycles. The SMILES string of the molecule is COc1cccc(-c2nc3ccc(C)c(C)c3o2)c1. The molecule has 1 aromatic heterocycles. The van der Waals surface area contributed by atoms with E-state index in [0.717, 1.165) is 28.0 Å². The minimum atomic E-state index is 0.627. The minimum absolute atomic E-state index is 0.627. The van der Waals surface area contributed by atoms with Gasteiger partial charge in [-0.05, 0) is 49.2 Å². The van der Waals surface area contributed by atoms with Gasteiger partial charge in [-0.2, -0.15) is 0 Å². The van der Waals surface area contributed by atoms with Crippen LogP contribution >= 0.6 is 0 Å². The normalized spacial score (nSPS) is 10.9. The zero-order chi connectivity index (χ0) is 13.4. The summed E-state index contributed by atoms with van der Waals surface area (Å²) in [5, 5.41) is 0. The molecule has 3 rings (SSSR count). The first-order valence-corrected chi connectivity index (χ1v) is 6.20. The first-order chi connectivity index (χ1) is 9.19. The molecule has 0 bridgehead atoms. The molecule has 3 heteroatoms. The van der Waals surface area contributed by atoms with Crippen molar-refractivity contribution in [3.8, 4) is 17.2 Å². The lowest BCUT2D eigenvalue weighted by atomic mass is 10.1. The fourth-order valence-corrected chi connectivity index (χ4v) is 2.10. The average molecular weight is 253 g/mol. The molecule has 0 radical (unpaired) electrons. The van der Waals surface area contributed by atoms with E-state index in [1.54, 1.807) is 7.11 Å². The Labute approximate surface area is 111 Å². The van der Waals surface area contributed by atoms with Gasteiger partial charge in [0.15, 0.2) is 5.58 Å². The Morgan fingerprint density at radius 1 is 1.11 bits per heavy atom. The van der Waals surface area contributed by atoms with Crippen LogP contribution in [0.2, 0.25) is 0 Å². The standard InChI is InChI=1S/C16H15NO2/c1-10-7-8-14-15(11(10)2)19-16(17-14)12-5-4-6-13(9-12)18-3/h4-9H,1-3H3. The van der Waals surface area contributed by atoms with Crippen molar-refractivity contribution in [1.29, 1.82) is 0 Å². The quantitative estimate of drug-likeness (QED) is 0.689. The molecule has 0 saturated heterocycles. The van der Waals surface area contributed by atoms with Crippen molar-refractivity contribution < 1.29 is 9.15 Å². The fraction of sp³-hybridized carbons (Fsp3) is 0.188. The molecule has 0 aliphatic rings. The van der Waals surface area contributed by atoms with Crippen LogP contribution < -0.4 is 4.74 Å². The highest BCUT2D eigenvalue weighted by atomic mass is 16.5. The molecule has 0 saturated carbocycles. The maximum atomic E-state index is 5.90. The second-order valence-corrected chi connectivity index (χ2v) is 4.61. The van der Waals surface area contributed by atoms with Gasteiger partial charge in [0.2, 0.25) is 5.89 Å². The zero-order valence-electron chi connectivity index (χ0n) is 11.2. The second-order valence-electron chi connectivity index (χ2n) is 4.61. The van der Waals surface area contributed by atoms with Crippen molar-refractivity contribution in [3.63, 3.8) is 0 Å². The number of rotatable bonds is 2. The Kier molecular flexibility index (Phi) is 2.75. The van der Waals surface area contributed by atoms with Crippen molar-refractivity contribution in [3.05, 3.63) is 47.5 Å². The summed E-state index contributed by atoms with van der Waals surface area (Å²) in [6.07, 6.45) is 0. The monoisotopic (exact) mass is 253 g/mol. The molecule has 0 amide bonds. The number of methoxy groups -OCH3 is 1. The van der Waals surface area contributed by atoms with Crippen molar-refractivity contribution in [2.24, 2.45) is 0 Å². The van der Waals surface area contributed by atoms with Gasteiger partial charge >= 0.3 is 0 Å². The van der Waals surface area contributed by atoms with Crippen LogP contribution in [0.3, 0.4) is 0 Å². The van der Waals surface area contributed by atoms with Crippen molar-refractivity contribution in [1.82, 2.24) is 4.98 Å². The van der Waals surface area contributed by atoms with E-state index in [2.05, 4.69) is 24.9 Å². The van der Waals surface area contributed by atoms with Gasteiger partial charge in [0, 0.05) is 5.56 Å². The zero-order valence-corrected chi connectivity index (χ0v) is 11.2. The summed E-state index contributed by atoms with van der Waals surface area (Å²) in [6, 6.07) is 11.8. The summed E-state index contributed by atoms with van der Waals surface area (Å²) in [4.78, 5) is 4.54. The highest BCUT2D eigenvalue weighted by Gasteiger charge is 2.11. The maximum absolute atomic E-state index is 5.90. The van der Waals surface area contributed by atoms with E-state index in [4.69, 9.17) is 9.15 Å². The van der Waals surface area contributed by atoms with Crippen LogP contribution in [-0.2, 0) is 0 Å². The Bertz CT molecular complexity index is 744. The maximum Gasteiger partial charge on any atom is 0.227 e. The number of hydrogen-bond donors (Lipinski definition) is 0. The molecule has 3 nitrogen and oxygen atoms in total. The first kappa shape index (κ1) is 11.8. The summed E-state index contributed by atoms with van der Waals surface area (Å²) < 4.78 is 11.1. The van der Waals surface area contributed by atoms with Crippen molar-refractivity contribution in [2.45, 2.75) is 13.8 Å². The summed E-state index contributed by atoms with van der Waals surface area (Å²) in [5.41, 5.74) is 5.02. The Morgan fingerprint density at radius 3 is 2.74 bits per heavy atom. The summed E-state index contributed by atoms with van der Waals surface area (Å²) in [5.74, 6) is 1.43. The largest absolute Gasteiger partial charge is 0.497 e. The predicted octanol–water partition coefficient (Wildman–Crippen LogP) is 4.12. The van der Waals surface area contributed by atoms with Crippen LogP contribution in [0.15, 0.2) is 40.8 Å². The topological polar surface area (TPSA) is 35.3 Å². The molecule has 0 fully saturated rings. The van der Waals surface area contributed by atoms with Crippen LogP contribution in [0.4, 0.5) is 0 Å². The van der Waals surface area contributed by atoms with Gasteiger partial charge in [0.1, 0.15) is 11.3 Å². The van der Waals surface area contributed by atoms with Gasteiger partial charge in [0.25, 0.3) is 0 Å². The van der Waals surface area contributed by atoms with Gasteiger partial charge in [-0.25, -0.2) is 4.98 Å². The molecule has 0 spiro atoms. The molecule has 1 heterocycles. The number of aromatic nitrogens is 1. The number of hydrogen-bond acceptors (Lipinski definition) is 3. The lowest BCUT2D eigenvalue weighted by Crippen LogP contribution is -1.83. The molecular formula is C16H15NO2. The van der Waals surface area contributed by atoms with E-state index in [9.17, 15) is 0 Å². The Hall–Kier alpha value is -2.29. The summed E-state index contributed by atoms with van der Waals surface area (Å²) in [7, 11) is 1.65. The molecule has 0 N–H and O–H groups in total. The van der Waals surface area contributed by atoms with Crippen molar-refractivity contribution >= 4 is 11.1 Å². The van der Waals surface area contributed by atoms with Crippen LogP contribution in [0.1, 0.15) is 11.1 Å². The fourth-order valence-electron chi connectivity index (χ4n) is 2.10. The van der Waals surface area contributed by atoms with Crippen LogP contribution in [0.5, 0.6) is 5.75 Å². The van der Waals surface area contributed by atoms with Gasteiger partial charge < -0.3 is 9.15 Å². The summed E-state index contributed by atoms with van der Waals surface area (Å²) in [6.45, 7) is 4.13. The molecule has 2 aromatic carbocycles. The highest BCUT2D eigenvalue weighted by Crippen LogP contribution is 2.29. The van der Waals surface area contributed by atoms with E-state index >= 15 is 0 Å². The van der Waals surface area contributed by atoms with Crippen LogP contribution in [0.25, 0.3) is 22.6 Å². The molecule has 96 valence electrons. The van der Waals surface area contributed by atoms with Gasteiger partial charge in [-0.1, -0.05) is 12.1 Å². The third-order valence-electron chi connectivity index (χ3n) is 3.39. The summed E-state index contributed by atoms with van der Waals surface area (Å²) >= 11 is 0. The average Bonchev–Trinajstić information content (AvgIpc) is 2.88. The Morgan fingerprint density at radius 2 is 1.95 bits per heavy atom. The number of fused-ring (bicyclic) bond motifs is 1. The molecule has 3 aromatic rings. The van der Waals surface area contributed by atoms with Gasteiger partial charge in [0.05, 0.1) is 7.11 Å². The first-order valence-electron chi connectivity index (χ1n) is 6.20. The number of aryl methyl sites for hydroxylation is 2. The minimum Gasteiger partial charge on any atom is -0.497 e. The highest BCUT2D eigenvalue weighted by molar-refractivity contribution is 5.80. The predicted molar refractivity (Wildman–Crippen MR) is 75.5 cm³/mol. The smallest absolute Gasteiger partial charge is 0.227 e. The lowest BCUT2D eigenvalue weighted by Gasteiger charge is -2.00. The van der Waals surface area contributed by atoms with E-state index in [-0.39, 0.29) is 0 Å². The lowest BCUT2D eigenvalue weighted by molar-refractivity contribution is 0.415. The van der Waals surface area contributed by atoms with Crippen LogP contribution in [0, 0.1) is 13.8 Å².